The van der Waals surface area contributed by atoms with Crippen molar-refractivity contribution in [2.45, 2.75) is 32.1 Å². The van der Waals surface area contributed by atoms with E-state index in [-0.39, 0.29) is 10.8 Å². The van der Waals surface area contributed by atoms with Crippen LogP contribution in [0.2, 0.25) is 0 Å². The number of anilines is 1. The Kier molecular flexibility index (Phi) is 5.64. The van der Waals surface area contributed by atoms with Gasteiger partial charge in [0.25, 0.3) is 5.91 Å². The molecule has 0 saturated carbocycles. The zero-order valence-corrected chi connectivity index (χ0v) is 16.4. The Labute approximate surface area is 158 Å². The van der Waals surface area contributed by atoms with Gasteiger partial charge in [-0.25, -0.2) is 8.42 Å². The highest BCUT2D eigenvalue weighted by Gasteiger charge is 2.27. The smallest absolute Gasteiger partial charge is 0.261 e. The number of nitrogens with one attached hydrogen (secondary N) is 1. The number of aromatic nitrogens is 1. The molecule has 1 aromatic carbocycles. The quantitative estimate of drug-likeness (QED) is 0.835. The summed E-state index contributed by atoms with van der Waals surface area (Å²) in [5.74, 6) is 0.0636. The highest BCUT2D eigenvalue weighted by atomic mass is 32.2. The van der Waals surface area contributed by atoms with Crippen LogP contribution in [0.25, 0.3) is 0 Å². The lowest BCUT2D eigenvalue weighted by atomic mass is 10.1. The van der Waals surface area contributed by atoms with Crippen molar-refractivity contribution in [3.05, 3.63) is 40.8 Å². The number of carbonyl (C=O) groups is 1. The molecule has 1 aromatic heterocycles. The number of hydrogen-bond acceptors (Lipinski definition) is 6. The number of carbonyl (C=O) groups excluding carboxylic acids is 1. The van der Waals surface area contributed by atoms with Crippen molar-refractivity contribution >= 4 is 21.6 Å². The SMILES string of the molecule is CCc1noc(C)c1C(=O)Nc1cc(S(=O)(=O)N2CCOCC2)ccc1C. The lowest BCUT2D eigenvalue weighted by molar-refractivity contribution is 0.0730. The van der Waals surface area contributed by atoms with Gasteiger partial charge in [-0.2, -0.15) is 4.31 Å². The number of hydrogen-bond donors (Lipinski definition) is 1. The summed E-state index contributed by atoms with van der Waals surface area (Å²) >= 11 is 0. The lowest BCUT2D eigenvalue weighted by Gasteiger charge is -2.26. The van der Waals surface area contributed by atoms with E-state index in [1.54, 1.807) is 19.1 Å². The first-order chi connectivity index (χ1) is 12.8. The first-order valence-electron chi connectivity index (χ1n) is 8.79. The van der Waals surface area contributed by atoms with Crippen LogP contribution < -0.4 is 5.32 Å². The Morgan fingerprint density at radius 3 is 2.63 bits per heavy atom. The third kappa shape index (κ3) is 3.90. The monoisotopic (exact) mass is 393 g/mol. The van der Waals surface area contributed by atoms with Gasteiger partial charge >= 0.3 is 0 Å². The molecule has 1 N–H and O–H groups in total. The van der Waals surface area contributed by atoms with Crippen molar-refractivity contribution in [2.75, 3.05) is 31.6 Å². The van der Waals surface area contributed by atoms with Crippen molar-refractivity contribution < 1.29 is 22.5 Å². The minimum atomic E-state index is -3.64. The van der Waals surface area contributed by atoms with Crippen molar-refractivity contribution in [1.82, 2.24) is 9.46 Å². The molecule has 0 unspecified atom stereocenters. The van der Waals surface area contributed by atoms with Gasteiger partial charge < -0.3 is 14.6 Å². The van der Waals surface area contributed by atoms with Gasteiger partial charge in [0.15, 0.2) is 0 Å². The molecule has 146 valence electrons. The van der Waals surface area contributed by atoms with Crippen LogP contribution in [-0.4, -0.2) is 50.1 Å². The lowest BCUT2D eigenvalue weighted by Crippen LogP contribution is -2.40. The molecule has 9 heteroatoms. The zero-order chi connectivity index (χ0) is 19.6. The van der Waals surface area contributed by atoms with Gasteiger partial charge in [-0.05, 0) is 38.0 Å². The second-order valence-electron chi connectivity index (χ2n) is 6.36. The summed E-state index contributed by atoms with van der Waals surface area (Å²) in [5.41, 5.74) is 2.16. The molecule has 0 atom stereocenters. The van der Waals surface area contributed by atoms with E-state index in [1.807, 2.05) is 13.8 Å². The molecule has 27 heavy (non-hydrogen) atoms. The van der Waals surface area contributed by atoms with E-state index in [0.29, 0.717) is 55.4 Å². The summed E-state index contributed by atoms with van der Waals surface area (Å²) < 4.78 is 37.4. The highest BCUT2D eigenvalue weighted by Crippen LogP contribution is 2.25. The minimum Gasteiger partial charge on any atom is -0.379 e. The number of amides is 1. The molecule has 1 saturated heterocycles. The van der Waals surface area contributed by atoms with Crippen LogP contribution in [0.4, 0.5) is 5.69 Å². The molecule has 0 spiro atoms. The van der Waals surface area contributed by atoms with E-state index < -0.39 is 10.0 Å². The maximum atomic E-state index is 12.9. The van der Waals surface area contributed by atoms with E-state index in [0.717, 1.165) is 5.56 Å². The van der Waals surface area contributed by atoms with Crippen LogP contribution in [-0.2, 0) is 21.2 Å². The number of ether oxygens (including phenoxy) is 1. The molecule has 1 fully saturated rings. The fourth-order valence-corrected chi connectivity index (χ4v) is 4.40. The molecule has 2 aromatic rings. The van der Waals surface area contributed by atoms with Gasteiger partial charge in [-0.3, -0.25) is 4.79 Å². The van der Waals surface area contributed by atoms with Crippen LogP contribution in [0, 0.1) is 13.8 Å². The summed E-state index contributed by atoms with van der Waals surface area (Å²) in [6.07, 6.45) is 0.560. The summed E-state index contributed by atoms with van der Waals surface area (Å²) in [7, 11) is -3.64. The third-order valence-electron chi connectivity index (χ3n) is 4.56. The predicted molar refractivity (Wildman–Crippen MR) is 99.3 cm³/mol. The Morgan fingerprint density at radius 2 is 1.96 bits per heavy atom. The zero-order valence-electron chi connectivity index (χ0n) is 15.6. The average Bonchev–Trinajstić information content (AvgIpc) is 3.04. The van der Waals surface area contributed by atoms with Gasteiger partial charge in [0.2, 0.25) is 10.0 Å². The van der Waals surface area contributed by atoms with E-state index in [4.69, 9.17) is 9.26 Å². The maximum absolute atomic E-state index is 12.9. The molecular formula is C18H23N3O5S. The fourth-order valence-electron chi connectivity index (χ4n) is 2.97. The van der Waals surface area contributed by atoms with Gasteiger partial charge in [0, 0.05) is 18.8 Å². The Morgan fingerprint density at radius 1 is 1.26 bits per heavy atom. The van der Waals surface area contributed by atoms with E-state index in [1.165, 1.54) is 10.4 Å². The van der Waals surface area contributed by atoms with Gasteiger partial charge in [-0.15, -0.1) is 0 Å². The largest absolute Gasteiger partial charge is 0.379 e. The maximum Gasteiger partial charge on any atom is 0.261 e. The first-order valence-corrected chi connectivity index (χ1v) is 10.2. The molecule has 0 aliphatic carbocycles. The van der Waals surface area contributed by atoms with Crippen LogP contribution >= 0.6 is 0 Å². The van der Waals surface area contributed by atoms with Crippen LogP contribution in [0.3, 0.4) is 0 Å². The van der Waals surface area contributed by atoms with Gasteiger partial charge in [0.1, 0.15) is 11.3 Å². The van der Waals surface area contributed by atoms with Crippen LogP contribution in [0.5, 0.6) is 0 Å². The average molecular weight is 393 g/mol. The molecule has 1 aliphatic heterocycles. The molecule has 1 amide bonds. The number of aryl methyl sites for hydroxylation is 3. The standard InChI is InChI=1S/C18H23N3O5S/c1-4-15-17(13(3)26-20-15)18(22)19-16-11-14(6-5-12(16)2)27(23,24)21-7-9-25-10-8-21/h5-6,11H,4,7-10H2,1-3H3,(H,19,22). The van der Waals surface area contributed by atoms with E-state index >= 15 is 0 Å². The second-order valence-corrected chi connectivity index (χ2v) is 8.30. The van der Waals surface area contributed by atoms with Crippen molar-refractivity contribution in [3.63, 3.8) is 0 Å². The Bertz CT molecular complexity index is 946. The molecule has 2 heterocycles. The molecule has 1 aliphatic rings. The third-order valence-corrected chi connectivity index (χ3v) is 6.46. The molecule has 8 nitrogen and oxygen atoms in total. The van der Waals surface area contributed by atoms with Crippen molar-refractivity contribution in [2.24, 2.45) is 0 Å². The van der Waals surface area contributed by atoms with Crippen LogP contribution in [0.1, 0.15) is 34.3 Å². The summed E-state index contributed by atoms with van der Waals surface area (Å²) in [6, 6.07) is 4.73. The summed E-state index contributed by atoms with van der Waals surface area (Å²) in [5, 5.41) is 6.68. The molecular weight excluding hydrogens is 370 g/mol. The molecule has 0 radical (unpaired) electrons. The number of rotatable bonds is 5. The number of sulfonamides is 1. The molecule has 3 rings (SSSR count). The predicted octanol–water partition coefficient (Wildman–Crippen LogP) is 2.13. The number of morpholine rings is 1. The normalized spacial score (nSPS) is 15.7. The van der Waals surface area contributed by atoms with Crippen molar-refractivity contribution in [3.8, 4) is 0 Å². The summed E-state index contributed by atoms with van der Waals surface area (Å²) in [4.78, 5) is 12.8. The number of nitrogens with zero attached hydrogens (tertiary/aromatic N) is 2. The van der Waals surface area contributed by atoms with Gasteiger partial charge in [-0.1, -0.05) is 18.1 Å². The van der Waals surface area contributed by atoms with Crippen molar-refractivity contribution in [1.29, 1.82) is 0 Å². The van der Waals surface area contributed by atoms with E-state index in [2.05, 4.69) is 10.5 Å². The number of benzene rings is 1. The topological polar surface area (TPSA) is 102 Å². The highest BCUT2D eigenvalue weighted by molar-refractivity contribution is 7.89. The Balaban J connectivity index is 1.89. The summed E-state index contributed by atoms with van der Waals surface area (Å²) in [6.45, 7) is 6.75. The van der Waals surface area contributed by atoms with Crippen LogP contribution in [0.15, 0.2) is 27.6 Å². The minimum absolute atomic E-state index is 0.142. The Hall–Kier alpha value is -2.23. The first kappa shape index (κ1) is 19.5. The fraction of sp³-hybridized carbons (Fsp3) is 0.444. The molecule has 0 bridgehead atoms. The second kappa shape index (κ2) is 7.79. The van der Waals surface area contributed by atoms with Gasteiger partial charge in [0.05, 0.1) is 23.8 Å². The van der Waals surface area contributed by atoms with E-state index in [9.17, 15) is 13.2 Å².